The molecule has 0 fully saturated rings. The molecule has 0 saturated carbocycles. The minimum Gasteiger partial charge on any atom is -0.451 e. The van der Waals surface area contributed by atoms with Gasteiger partial charge in [-0.2, -0.15) is 0 Å². The van der Waals surface area contributed by atoms with Gasteiger partial charge in [0.25, 0.3) is 5.69 Å². The van der Waals surface area contributed by atoms with Gasteiger partial charge in [0.1, 0.15) is 4.90 Å². The van der Waals surface area contributed by atoms with Crippen LogP contribution in [0.3, 0.4) is 0 Å². The highest BCUT2D eigenvalue weighted by molar-refractivity contribution is 7.90. The van der Waals surface area contributed by atoms with Crippen LogP contribution in [0.5, 0.6) is 0 Å². The van der Waals surface area contributed by atoms with E-state index in [0.717, 1.165) is 35.7 Å². The first kappa shape index (κ1) is 23.1. The van der Waals surface area contributed by atoms with Crippen molar-refractivity contribution in [3.8, 4) is 0 Å². The number of amides is 1. The quantitative estimate of drug-likeness (QED) is 0.277. The summed E-state index contributed by atoms with van der Waals surface area (Å²) in [5.41, 5.74) is 0.853. The van der Waals surface area contributed by atoms with Gasteiger partial charge in [-0.15, -0.1) is 0 Å². The van der Waals surface area contributed by atoms with Crippen LogP contribution in [0.25, 0.3) is 0 Å². The molecule has 0 bridgehead atoms. The molecule has 2 aromatic rings. The Kier molecular flexibility index (Phi) is 6.13. The predicted molar refractivity (Wildman–Crippen MR) is 114 cm³/mol. The number of benzene rings is 2. The summed E-state index contributed by atoms with van der Waals surface area (Å²) in [5, 5.41) is 11.2. The third-order valence-electron chi connectivity index (χ3n) is 5.08. The largest absolute Gasteiger partial charge is 0.451 e. The molecule has 1 aliphatic rings. The third-order valence-corrected chi connectivity index (χ3v) is 6.23. The van der Waals surface area contributed by atoms with E-state index in [4.69, 9.17) is 4.74 Å². The molecule has 1 atom stereocenters. The van der Waals surface area contributed by atoms with Gasteiger partial charge in [-0.3, -0.25) is 19.7 Å². The van der Waals surface area contributed by atoms with E-state index in [1.54, 1.807) is 23.1 Å². The maximum Gasteiger partial charge on any atom is 0.339 e. The lowest BCUT2D eigenvalue weighted by molar-refractivity contribution is -0.387. The average Bonchev–Trinajstić information content (AvgIpc) is 3.15. The van der Waals surface area contributed by atoms with E-state index in [1.165, 1.54) is 13.8 Å². The van der Waals surface area contributed by atoms with Crippen LogP contribution in [0.15, 0.2) is 41.3 Å². The van der Waals surface area contributed by atoms with Crippen LogP contribution in [0.4, 0.5) is 11.4 Å². The first-order valence-corrected chi connectivity index (χ1v) is 11.4. The van der Waals surface area contributed by atoms with Gasteiger partial charge < -0.3 is 9.64 Å². The van der Waals surface area contributed by atoms with Crippen molar-refractivity contribution < 1.29 is 32.5 Å². The molecule has 11 heteroatoms. The summed E-state index contributed by atoms with van der Waals surface area (Å²) in [4.78, 5) is 48.2. The molecule has 2 aromatic carbocycles. The minimum absolute atomic E-state index is 0.0962. The highest BCUT2D eigenvalue weighted by atomic mass is 32.2. The third kappa shape index (κ3) is 4.52. The van der Waals surface area contributed by atoms with Gasteiger partial charge in [0, 0.05) is 37.0 Å². The van der Waals surface area contributed by atoms with Crippen LogP contribution < -0.4 is 4.90 Å². The second-order valence-corrected chi connectivity index (χ2v) is 9.37. The van der Waals surface area contributed by atoms with Crippen LogP contribution in [0.2, 0.25) is 0 Å². The van der Waals surface area contributed by atoms with E-state index in [2.05, 4.69) is 0 Å². The Balaban J connectivity index is 1.79. The molecule has 0 spiro atoms. The number of carbonyl (C=O) groups excluding carboxylic acids is 3. The highest BCUT2D eigenvalue weighted by Gasteiger charge is 2.28. The zero-order valence-electron chi connectivity index (χ0n) is 17.5. The Bertz CT molecular complexity index is 1250. The van der Waals surface area contributed by atoms with Crippen LogP contribution in [0, 0.1) is 10.1 Å². The van der Waals surface area contributed by atoms with E-state index in [0.29, 0.717) is 18.5 Å². The molecule has 1 unspecified atom stereocenters. The second-order valence-electron chi connectivity index (χ2n) is 7.39. The van der Waals surface area contributed by atoms with Gasteiger partial charge in [-0.25, -0.2) is 13.2 Å². The first-order chi connectivity index (χ1) is 14.9. The fourth-order valence-electron chi connectivity index (χ4n) is 3.50. The molecule has 1 amide bonds. The van der Waals surface area contributed by atoms with Crippen molar-refractivity contribution in [3.63, 3.8) is 0 Å². The van der Waals surface area contributed by atoms with Gasteiger partial charge in [0.15, 0.2) is 15.9 Å². The number of hydrogen-bond donors (Lipinski definition) is 0. The molecule has 1 aliphatic heterocycles. The van der Waals surface area contributed by atoms with Crippen molar-refractivity contribution in [1.82, 2.24) is 0 Å². The number of ketones is 1. The summed E-state index contributed by atoms with van der Waals surface area (Å²) in [6.45, 7) is 3.35. The Morgan fingerprint density at radius 1 is 1.12 bits per heavy atom. The summed E-state index contributed by atoms with van der Waals surface area (Å²) in [6.07, 6.45) is 0.223. The van der Waals surface area contributed by atoms with Crippen LogP contribution in [0.1, 0.15) is 40.1 Å². The van der Waals surface area contributed by atoms with Crippen LogP contribution >= 0.6 is 0 Å². The number of Topliss-reactive ketones (excluding diaryl/α,β-unsaturated/α-hetero) is 1. The van der Waals surface area contributed by atoms with Crippen molar-refractivity contribution >= 4 is 38.9 Å². The molecule has 10 nitrogen and oxygen atoms in total. The van der Waals surface area contributed by atoms with Crippen molar-refractivity contribution in [2.75, 3.05) is 17.7 Å². The van der Waals surface area contributed by atoms with E-state index in [-0.39, 0.29) is 11.5 Å². The summed E-state index contributed by atoms with van der Waals surface area (Å²) in [7, 11) is -3.88. The lowest BCUT2D eigenvalue weighted by Gasteiger charge is -2.16. The fraction of sp³-hybridized carbons (Fsp3) is 0.286. The molecule has 32 heavy (non-hydrogen) atoms. The molecule has 168 valence electrons. The van der Waals surface area contributed by atoms with E-state index >= 15 is 0 Å². The molecular formula is C21H20N2O8S. The lowest BCUT2D eigenvalue weighted by Crippen LogP contribution is -2.26. The van der Waals surface area contributed by atoms with Crippen LogP contribution in [-0.4, -0.2) is 49.9 Å². The van der Waals surface area contributed by atoms with Gasteiger partial charge in [0.05, 0.1) is 10.5 Å². The number of ether oxygens (including phenoxy) is 1. The van der Waals surface area contributed by atoms with E-state index in [9.17, 15) is 32.9 Å². The molecule has 3 rings (SSSR count). The van der Waals surface area contributed by atoms with E-state index < -0.39 is 43.2 Å². The molecule has 0 aromatic heterocycles. The highest BCUT2D eigenvalue weighted by Crippen LogP contribution is 2.30. The first-order valence-electron chi connectivity index (χ1n) is 9.55. The molecule has 1 heterocycles. The number of nitro groups is 1. The zero-order valence-corrected chi connectivity index (χ0v) is 18.3. The molecular weight excluding hydrogens is 440 g/mol. The van der Waals surface area contributed by atoms with Crippen molar-refractivity contribution in [2.24, 2.45) is 0 Å². The Morgan fingerprint density at radius 3 is 2.38 bits per heavy atom. The molecule has 0 aliphatic carbocycles. The van der Waals surface area contributed by atoms with Crippen molar-refractivity contribution in [1.29, 1.82) is 0 Å². The van der Waals surface area contributed by atoms with Gasteiger partial charge >= 0.3 is 5.97 Å². The minimum atomic E-state index is -3.88. The van der Waals surface area contributed by atoms with Gasteiger partial charge in [-0.05, 0) is 49.2 Å². The van der Waals surface area contributed by atoms with Crippen molar-refractivity contribution in [2.45, 2.75) is 31.3 Å². The van der Waals surface area contributed by atoms with Crippen LogP contribution in [-0.2, 0) is 25.8 Å². The number of rotatable bonds is 6. The average molecular weight is 460 g/mol. The predicted octanol–water partition coefficient (Wildman–Crippen LogP) is 2.34. The zero-order chi connectivity index (χ0) is 23.8. The fourth-order valence-corrected chi connectivity index (χ4v) is 4.33. The maximum absolute atomic E-state index is 12.7. The number of carbonyl (C=O) groups is 3. The number of hydrogen-bond acceptors (Lipinski definition) is 8. The summed E-state index contributed by atoms with van der Waals surface area (Å²) < 4.78 is 28.6. The number of esters is 1. The maximum atomic E-state index is 12.7. The Labute approximate surface area is 183 Å². The number of fused-ring (bicyclic) bond motifs is 1. The smallest absolute Gasteiger partial charge is 0.339 e. The number of sulfone groups is 1. The topological polar surface area (TPSA) is 141 Å². The van der Waals surface area contributed by atoms with Gasteiger partial charge in [-0.1, -0.05) is 0 Å². The number of nitrogens with zero attached hydrogens (tertiary/aromatic N) is 2. The van der Waals surface area contributed by atoms with Gasteiger partial charge in [0.2, 0.25) is 11.7 Å². The normalized spacial score (nSPS) is 13.9. The second kappa shape index (κ2) is 8.50. The van der Waals surface area contributed by atoms with E-state index in [1.807, 2.05) is 0 Å². The molecule has 0 radical (unpaired) electrons. The Hall–Kier alpha value is -3.60. The number of anilines is 1. The summed E-state index contributed by atoms with van der Waals surface area (Å²) in [5.74, 6) is -1.58. The summed E-state index contributed by atoms with van der Waals surface area (Å²) in [6, 6.07) is 7.71. The molecule has 0 N–H and O–H groups in total. The summed E-state index contributed by atoms with van der Waals surface area (Å²) >= 11 is 0. The molecule has 0 saturated heterocycles. The standard InChI is InChI=1S/C21H20N2O8S/c1-12(20(25)15-4-6-17-14(10-15)8-9-22(17)13(2)24)31-21(26)16-5-7-19(32(3,29)30)18(11-16)23(27)28/h4-7,10-12H,8-9H2,1-3H3. The Morgan fingerprint density at radius 2 is 1.78 bits per heavy atom. The lowest BCUT2D eigenvalue weighted by atomic mass is 10.0. The van der Waals surface area contributed by atoms with Crippen molar-refractivity contribution in [3.05, 3.63) is 63.2 Å². The number of nitro benzene ring substituents is 1. The SMILES string of the molecule is CC(=O)N1CCc2cc(C(=O)C(C)OC(=O)c3ccc(S(C)(=O)=O)c([N+](=O)[O-])c3)ccc21. The monoisotopic (exact) mass is 460 g/mol.